The van der Waals surface area contributed by atoms with Crippen molar-refractivity contribution >= 4 is 29.3 Å². The first-order valence-electron chi connectivity index (χ1n) is 15.6. The standard InChI is InChI=1S/C34H45F4N3O6/c1-9-21(2)17-39-18-23-15-24-25(41(23)31(44)47-33(6,7)8)16-26(45-20-22-13-11-10-12-14-22)29(28(24)35)40(30(43)34(36,37)38)19-27(42)46-32(3,4)5/h10-14,16,21,23,39H,9,15,17-20H2,1-8H3/t21?,23-/m1/s1. The van der Waals surface area contributed by atoms with Gasteiger partial charge >= 0.3 is 24.1 Å². The Morgan fingerprint density at radius 3 is 2.19 bits per heavy atom. The van der Waals surface area contributed by atoms with Crippen molar-refractivity contribution in [1.82, 2.24) is 5.32 Å². The molecular formula is C34H45F4N3O6. The summed E-state index contributed by atoms with van der Waals surface area (Å²) in [6.45, 7) is 13.0. The molecular weight excluding hydrogens is 622 g/mol. The maximum absolute atomic E-state index is 16.8. The molecule has 3 rings (SSSR count). The highest BCUT2D eigenvalue weighted by molar-refractivity contribution is 6.03. The van der Waals surface area contributed by atoms with Crippen molar-refractivity contribution in [2.75, 3.05) is 29.4 Å². The number of hydrogen-bond donors (Lipinski definition) is 1. The molecule has 0 radical (unpaired) electrons. The van der Waals surface area contributed by atoms with Gasteiger partial charge < -0.3 is 19.5 Å². The molecule has 9 nitrogen and oxygen atoms in total. The Bertz CT molecular complexity index is 1420. The molecule has 1 N–H and O–H groups in total. The van der Waals surface area contributed by atoms with Crippen molar-refractivity contribution < 1.29 is 46.2 Å². The van der Waals surface area contributed by atoms with E-state index in [1.54, 1.807) is 51.1 Å². The summed E-state index contributed by atoms with van der Waals surface area (Å²) in [6, 6.07) is 9.10. The van der Waals surface area contributed by atoms with Crippen LogP contribution in [0, 0.1) is 11.7 Å². The summed E-state index contributed by atoms with van der Waals surface area (Å²) in [7, 11) is 0. The molecule has 1 unspecified atom stereocenters. The summed E-state index contributed by atoms with van der Waals surface area (Å²) in [5.74, 6) is -5.07. The first kappa shape index (κ1) is 37.6. The Balaban J connectivity index is 2.22. The van der Waals surface area contributed by atoms with Crippen LogP contribution < -0.4 is 19.9 Å². The Morgan fingerprint density at radius 1 is 1.02 bits per heavy atom. The van der Waals surface area contributed by atoms with Crippen molar-refractivity contribution in [3.05, 3.63) is 53.3 Å². The van der Waals surface area contributed by atoms with E-state index in [1.807, 2.05) is 13.8 Å². The number of hydrogen-bond acceptors (Lipinski definition) is 7. The third kappa shape index (κ3) is 10.3. The second kappa shape index (κ2) is 14.9. The number of ether oxygens (including phenoxy) is 3. The van der Waals surface area contributed by atoms with Gasteiger partial charge in [-0.05, 0) is 66.0 Å². The number of anilines is 2. The van der Waals surface area contributed by atoms with Crippen LogP contribution in [0.3, 0.4) is 0 Å². The summed E-state index contributed by atoms with van der Waals surface area (Å²) in [4.78, 5) is 40.5. The zero-order chi connectivity index (χ0) is 35.3. The lowest BCUT2D eigenvalue weighted by molar-refractivity contribution is -0.171. The molecule has 0 bridgehead atoms. The van der Waals surface area contributed by atoms with Gasteiger partial charge in [0.25, 0.3) is 0 Å². The predicted molar refractivity (Wildman–Crippen MR) is 170 cm³/mol. The van der Waals surface area contributed by atoms with Crippen LogP contribution in [0.5, 0.6) is 5.75 Å². The molecule has 0 aliphatic carbocycles. The number of fused-ring (bicyclic) bond motifs is 1. The number of carbonyl (C=O) groups is 3. The van der Waals surface area contributed by atoms with Crippen LogP contribution in [-0.2, 0) is 32.1 Å². The second-order valence-electron chi connectivity index (χ2n) is 13.7. The third-order valence-electron chi connectivity index (χ3n) is 7.21. The van der Waals surface area contributed by atoms with Crippen molar-refractivity contribution in [2.45, 2.75) is 98.3 Å². The number of nitrogens with zero attached hydrogens (tertiary/aromatic N) is 2. The molecule has 47 heavy (non-hydrogen) atoms. The fraction of sp³-hybridized carbons (Fsp3) is 0.559. The highest BCUT2D eigenvalue weighted by atomic mass is 19.4. The molecule has 0 saturated carbocycles. The molecule has 1 aliphatic rings. The lowest BCUT2D eigenvalue weighted by Crippen LogP contribution is -2.46. The van der Waals surface area contributed by atoms with Crippen LogP contribution >= 0.6 is 0 Å². The van der Waals surface area contributed by atoms with E-state index < -0.39 is 65.2 Å². The zero-order valence-electron chi connectivity index (χ0n) is 28.2. The number of rotatable bonds is 11. The first-order valence-corrected chi connectivity index (χ1v) is 15.6. The molecule has 2 atom stereocenters. The lowest BCUT2D eigenvalue weighted by Gasteiger charge is -2.30. The van der Waals surface area contributed by atoms with Crippen molar-refractivity contribution in [1.29, 1.82) is 0 Å². The summed E-state index contributed by atoms with van der Waals surface area (Å²) in [5, 5.41) is 3.29. The Hall–Kier alpha value is -3.87. The minimum absolute atomic E-state index is 0.00364. The van der Waals surface area contributed by atoms with Crippen LogP contribution in [0.1, 0.15) is 72.9 Å². The normalized spacial score (nSPS) is 15.6. The maximum Gasteiger partial charge on any atom is 0.471 e. The van der Waals surface area contributed by atoms with Gasteiger partial charge in [-0.2, -0.15) is 13.2 Å². The Labute approximate surface area is 273 Å². The Kier molecular flexibility index (Phi) is 11.9. The predicted octanol–water partition coefficient (Wildman–Crippen LogP) is 6.94. The minimum Gasteiger partial charge on any atom is -0.487 e. The topological polar surface area (TPSA) is 97.4 Å². The number of nitrogens with one attached hydrogen (secondary N) is 1. The van der Waals surface area contributed by atoms with Gasteiger partial charge in [0, 0.05) is 18.2 Å². The molecule has 0 aromatic heterocycles. The van der Waals surface area contributed by atoms with Crippen molar-refractivity contribution in [3.8, 4) is 5.75 Å². The highest BCUT2D eigenvalue weighted by Gasteiger charge is 2.47. The lowest BCUT2D eigenvalue weighted by atomic mass is 10.1. The van der Waals surface area contributed by atoms with Gasteiger partial charge in [0.2, 0.25) is 0 Å². The summed E-state index contributed by atoms with van der Waals surface area (Å²) in [6.07, 6.45) is -5.48. The smallest absolute Gasteiger partial charge is 0.471 e. The van der Waals surface area contributed by atoms with E-state index in [1.165, 1.54) is 31.7 Å². The molecule has 1 heterocycles. The van der Waals surface area contributed by atoms with E-state index in [9.17, 15) is 27.6 Å². The molecule has 260 valence electrons. The van der Waals surface area contributed by atoms with E-state index in [0.29, 0.717) is 18.0 Å². The first-order chi connectivity index (χ1) is 21.7. The van der Waals surface area contributed by atoms with Crippen LogP contribution in [0.4, 0.5) is 33.7 Å². The number of amides is 2. The quantitative estimate of drug-likeness (QED) is 0.205. The highest BCUT2D eigenvalue weighted by Crippen LogP contribution is 2.45. The van der Waals surface area contributed by atoms with Crippen LogP contribution in [0.25, 0.3) is 0 Å². The maximum atomic E-state index is 16.8. The molecule has 2 aromatic rings. The molecule has 2 aromatic carbocycles. The van der Waals surface area contributed by atoms with E-state index in [4.69, 9.17) is 14.2 Å². The number of halogens is 4. The van der Waals surface area contributed by atoms with Gasteiger partial charge in [0.05, 0.1) is 11.7 Å². The largest absolute Gasteiger partial charge is 0.487 e. The monoisotopic (exact) mass is 667 g/mol. The van der Waals surface area contributed by atoms with Gasteiger partial charge in [0.1, 0.15) is 35.8 Å². The van der Waals surface area contributed by atoms with Crippen LogP contribution in [0.2, 0.25) is 0 Å². The van der Waals surface area contributed by atoms with Crippen molar-refractivity contribution in [3.63, 3.8) is 0 Å². The average molecular weight is 668 g/mol. The molecule has 2 amide bonds. The zero-order valence-corrected chi connectivity index (χ0v) is 28.2. The molecule has 1 aliphatic heterocycles. The van der Waals surface area contributed by atoms with Gasteiger partial charge in [-0.15, -0.1) is 0 Å². The van der Waals surface area contributed by atoms with Crippen LogP contribution in [0.15, 0.2) is 36.4 Å². The third-order valence-corrected chi connectivity index (χ3v) is 7.21. The molecule has 0 saturated heterocycles. The number of carbonyl (C=O) groups excluding carboxylic acids is 3. The van der Waals surface area contributed by atoms with Crippen LogP contribution in [-0.4, -0.2) is 61.0 Å². The fourth-order valence-electron chi connectivity index (χ4n) is 4.94. The van der Waals surface area contributed by atoms with Gasteiger partial charge in [-0.1, -0.05) is 50.6 Å². The summed E-state index contributed by atoms with van der Waals surface area (Å²) >= 11 is 0. The van der Waals surface area contributed by atoms with E-state index in [-0.39, 0.29) is 35.7 Å². The summed E-state index contributed by atoms with van der Waals surface area (Å²) < 4.78 is 75.5. The van der Waals surface area contributed by atoms with Gasteiger partial charge in [-0.3, -0.25) is 19.4 Å². The van der Waals surface area contributed by atoms with Gasteiger partial charge in [0.15, 0.2) is 5.82 Å². The summed E-state index contributed by atoms with van der Waals surface area (Å²) in [5.41, 5.74) is -2.41. The van der Waals surface area contributed by atoms with E-state index in [0.717, 1.165) is 6.42 Å². The molecule has 0 fully saturated rings. The number of benzene rings is 2. The second-order valence-corrected chi connectivity index (χ2v) is 13.7. The molecule has 13 heteroatoms. The number of alkyl halides is 3. The van der Waals surface area contributed by atoms with Gasteiger partial charge in [-0.25, -0.2) is 9.18 Å². The van der Waals surface area contributed by atoms with E-state index >= 15 is 4.39 Å². The average Bonchev–Trinajstić information content (AvgIpc) is 3.31. The Morgan fingerprint density at radius 2 is 1.64 bits per heavy atom. The number of esters is 1. The molecule has 0 spiro atoms. The van der Waals surface area contributed by atoms with E-state index in [2.05, 4.69) is 5.32 Å². The SMILES string of the molecule is CCC(C)CNC[C@H]1Cc2c(cc(OCc3ccccc3)c(N(CC(=O)OC(C)(C)C)C(=O)C(F)(F)F)c2F)N1C(=O)OC(C)(C)C. The fourth-order valence-corrected chi connectivity index (χ4v) is 4.94. The minimum atomic E-state index is -5.48. The van der Waals surface area contributed by atoms with Crippen molar-refractivity contribution in [2.24, 2.45) is 5.92 Å².